The first-order valence-electron chi connectivity index (χ1n) is 5.15. The summed E-state index contributed by atoms with van der Waals surface area (Å²) in [4.78, 5) is 2.67. The van der Waals surface area contributed by atoms with Crippen molar-refractivity contribution >= 4 is 11.8 Å². The zero-order valence-corrected chi connectivity index (χ0v) is 8.83. The van der Waals surface area contributed by atoms with Gasteiger partial charge in [-0.1, -0.05) is 6.92 Å². The fraction of sp³-hybridized carbons (Fsp3) is 1.00. The standard InChI is InChI=1S/C10H19NS/c1-2-10(3-4-10)9-11-5-7-12-8-6-11/h2-9H2,1H3. The molecule has 70 valence electrons. The molecule has 0 radical (unpaired) electrons. The van der Waals surface area contributed by atoms with Crippen molar-refractivity contribution in [3.63, 3.8) is 0 Å². The van der Waals surface area contributed by atoms with Crippen LogP contribution in [0.2, 0.25) is 0 Å². The van der Waals surface area contributed by atoms with Crippen molar-refractivity contribution in [2.45, 2.75) is 26.2 Å². The molecule has 12 heavy (non-hydrogen) atoms. The molecule has 0 aromatic rings. The van der Waals surface area contributed by atoms with Crippen LogP contribution in [-0.4, -0.2) is 36.0 Å². The number of hydrogen-bond donors (Lipinski definition) is 0. The van der Waals surface area contributed by atoms with Gasteiger partial charge >= 0.3 is 0 Å². The number of rotatable bonds is 3. The van der Waals surface area contributed by atoms with Crippen LogP contribution in [0.25, 0.3) is 0 Å². The van der Waals surface area contributed by atoms with E-state index in [0.717, 1.165) is 5.41 Å². The minimum Gasteiger partial charge on any atom is -0.301 e. The van der Waals surface area contributed by atoms with Crippen LogP contribution in [0, 0.1) is 5.41 Å². The van der Waals surface area contributed by atoms with E-state index in [4.69, 9.17) is 0 Å². The highest BCUT2D eigenvalue weighted by atomic mass is 32.2. The van der Waals surface area contributed by atoms with E-state index in [1.165, 1.54) is 50.4 Å². The van der Waals surface area contributed by atoms with E-state index in [0.29, 0.717) is 0 Å². The maximum absolute atomic E-state index is 2.67. The van der Waals surface area contributed by atoms with Crippen molar-refractivity contribution in [2.24, 2.45) is 5.41 Å². The molecule has 1 nitrogen and oxygen atoms in total. The van der Waals surface area contributed by atoms with Crippen LogP contribution in [0.1, 0.15) is 26.2 Å². The molecule has 0 aromatic heterocycles. The lowest BCUT2D eigenvalue weighted by Gasteiger charge is -2.29. The normalized spacial score (nSPS) is 28.8. The Morgan fingerprint density at radius 2 is 1.92 bits per heavy atom. The van der Waals surface area contributed by atoms with Gasteiger partial charge in [0.25, 0.3) is 0 Å². The van der Waals surface area contributed by atoms with Gasteiger partial charge in [0.1, 0.15) is 0 Å². The van der Waals surface area contributed by atoms with Crippen molar-refractivity contribution in [1.82, 2.24) is 4.90 Å². The highest BCUT2D eigenvalue weighted by Gasteiger charge is 2.41. The molecular formula is C10H19NS. The minimum absolute atomic E-state index is 0.766. The van der Waals surface area contributed by atoms with E-state index < -0.39 is 0 Å². The first-order chi connectivity index (χ1) is 5.85. The molecule has 1 aliphatic heterocycles. The average molecular weight is 185 g/mol. The van der Waals surface area contributed by atoms with Crippen LogP contribution >= 0.6 is 11.8 Å². The molecule has 0 aromatic carbocycles. The van der Waals surface area contributed by atoms with Gasteiger partial charge in [0.2, 0.25) is 0 Å². The quantitative estimate of drug-likeness (QED) is 0.663. The zero-order chi connectivity index (χ0) is 8.44. The van der Waals surface area contributed by atoms with E-state index in [9.17, 15) is 0 Å². The molecule has 0 atom stereocenters. The summed E-state index contributed by atoms with van der Waals surface area (Å²) in [5.41, 5.74) is 0.766. The number of thioether (sulfide) groups is 1. The van der Waals surface area contributed by atoms with Crippen LogP contribution in [0.4, 0.5) is 0 Å². The van der Waals surface area contributed by atoms with E-state index in [-0.39, 0.29) is 0 Å². The fourth-order valence-electron chi connectivity index (χ4n) is 2.03. The second-order valence-corrected chi connectivity index (χ2v) is 5.47. The Kier molecular flexibility index (Phi) is 2.66. The van der Waals surface area contributed by atoms with E-state index in [1.54, 1.807) is 0 Å². The third-order valence-electron chi connectivity index (χ3n) is 3.37. The average Bonchev–Trinajstić information content (AvgIpc) is 2.88. The second-order valence-electron chi connectivity index (χ2n) is 4.24. The summed E-state index contributed by atoms with van der Waals surface area (Å²) < 4.78 is 0. The van der Waals surface area contributed by atoms with Gasteiger partial charge in [0.15, 0.2) is 0 Å². The van der Waals surface area contributed by atoms with Crippen LogP contribution in [0.5, 0.6) is 0 Å². The molecule has 0 N–H and O–H groups in total. The molecule has 1 saturated heterocycles. The van der Waals surface area contributed by atoms with Crippen molar-refractivity contribution in [2.75, 3.05) is 31.1 Å². The third-order valence-corrected chi connectivity index (χ3v) is 4.31. The zero-order valence-electron chi connectivity index (χ0n) is 8.01. The lowest BCUT2D eigenvalue weighted by atomic mass is 10.0. The van der Waals surface area contributed by atoms with Crippen LogP contribution < -0.4 is 0 Å². The minimum atomic E-state index is 0.766. The SMILES string of the molecule is CCC1(CN2CCSCC2)CC1. The molecule has 0 amide bonds. The van der Waals surface area contributed by atoms with Gasteiger partial charge in [-0.25, -0.2) is 0 Å². The van der Waals surface area contributed by atoms with Crippen molar-refractivity contribution in [3.8, 4) is 0 Å². The van der Waals surface area contributed by atoms with Crippen molar-refractivity contribution in [3.05, 3.63) is 0 Å². The first kappa shape index (κ1) is 8.89. The highest BCUT2D eigenvalue weighted by molar-refractivity contribution is 7.99. The summed E-state index contributed by atoms with van der Waals surface area (Å²) in [7, 11) is 0. The topological polar surface area (TPSA) is 3.24 Å². The Morgan fingerprint density at radius 3 is 2.42 bits per heavy atom. The fourth-order valence-corrected chi connectivity index (χ4v) is 3.01. The summed E-state index contributed by atoms with van der Waals surface area (Å²) in [5.74, 6) is 2.72. The molecule has 1 saturated carbocycles. The number of nitrogens with zero attached hydrogens (tertiary/aromatic N) is 1. The molecule has 2 aliphatic rings. The van der Waals surface area contributed by atoms with Gasteiger partial charge in [0, 0.05) is 31.1 Å². The van der Waals surface area contributed by atoms with Gasteiger partial charge in [-0.05, 0) is 24.7 Å². The summed E-state index contributed by atoms with van der Waals surface area (Å²) >= 11 is 2.11. The second kappa shape index (κ2) is 3.59. The van der Waals surface area contributed by atoms with E-state index in [1.807, 2.05) is 0 Å². The first-order valence-corrected chi connectivity index (χ1v) is 6.30. The lowest BCUT2D eigenvalue weighted by Crippen LogP contribution is -2.37. The van der Waals surface area contributed by atoms with E-state index in [2.05, 4.69) is 23.6 Å². The van der Waals surface area contributed by atoms with E-state index >= 15 is 0 Å². The molecule has 0 spiro atoms. The molecule has 2 heteroatoms. The van der Waals surface area contributed by atoms with Gasteiger partial charge in [0.05, 0.1) is 0 Å². The Bertz CT molecular complexity index is 148. The van der Waals surface area contributed by atoms with Crippen molar-refractivity contribution in [1.29, 1.82) is 0 Å². The Balaban J connectivity index is 1.77. The maximum Gasteiger partial charge on any atom is 0.00729 e. The summed E-state index contributed by atoms with van der Waals surface area (Å²) in [6.45, 7) is 6.43. The summed E-state index contributed by atoms with van der Waals surface area (Å²) in [5, 5.41) is 0. The molecule has 0 bridgehead atoms. The van der Waals surface area contributed by atoms with Crippen LogP contribution in [0.3, 0.4) is 0 Å². The predicted octanol–water partition coefficient (Wildman–Crippen LogP) is 2.23. The highest BCUT2D eigenvalue weighted by Crippen LogP contribution is 2.49. The maximum atomic E-state index is 2.67. The van der Waals surface area contributed by atoms with Crippen molar-refractivity contribution < 1.29 is 0 Å². The molecule has 2 fully saturated rings. The monoisotopic (exact) mass is 185 g/mol. The number of hydrogen-bond acceptors (Lipinski definition) is 2. The summed E-state index contributed by atoms with van der Waals surface area (Å²) in [6.07, 6.45) is 4.39. The summed E-state index contributed by atoms with van der Waals surface area (Å²) in [6, 6.07) is 0. The van der Waals surface area contributed by atoms with Gasteiger partial charge < -0.3 is 4.90 Å². The Morgan fingerprint density at radius 1 is 1.25 bits per heavy atom. The molecule has 2 rings (SSSR count). The van der Waals surface area contributed by atoms with Crippen LogP contribution in [0.15, 0.2) is 0 Å². The van der Waals surface area contributed by atoms with Gasteiger partial charge in [-0.2, -0.15) is 11.8 Å². The molecule has 1 aliphatic carbocycles. The predicted molar refractivity (Wildman–Crippen MR) is 55.7 cm³/mol. The van der Waals surface area contributed by atoms with Crippen LogP contribution in [-0.2, 0) is 0 Å². The smallest absolute Gasteiger partial charge is 0.00729 e. The molecule has 1 heterocycles. The molecule has 0 unspecified atom stereocenters. The lowest BCUT2D eigenvalue weighted by molar-refractivity contribution is 0.235. The van der Waals surface area contributed by atoms with Gasteiger partial charge in [-0.15, -0.1) is 0 Å². The Hall–Kier alpha value is 0.310. The largest absolute Gasteiger partial charge is 0.301 e. The van der Waals surface area contributed by atoms with Gasteiger partial charge in [-0.3, -0.25) is 0 Å². The third kappa shape index (κ3) is 1.97. The molecular weight excluding hydrogens is 166 g/mol. The Labute approximate surface area is 79.9 Å².